The lowest BCUT2D eigenvalue weighted by molar-refractivity contribution is -0.144. The number of fused-ring (bicyclic) bond motifs is 18. The van der Waals surface area contributed by atoms with E-state index in [4.69, 9.17) is 0 Å². The van der Waals surface area contributed by atoms with Gasteiger partial charge >= 0.3 is 5.97 Å². The molecule has 0 radical (unpaired) electrons. The van der Waals surface area contributed by atoms with E-state index in [0.29, 0.717) is 39.9 Å². The van der Waals surface area contributed by atoms with E-state index in [1.54, 1.807) is 78.9 Å². The Balaban J connectivity index is 1.34. The maximum atomic E-state index is 14.5. The quantitative estimate of drug-likeness (QED) is 0.111. The summed E-state index contributed by atoms with van der Waals surface area (Å²) in [7, 11) is 0. The zero-order chi connectivity index (χ0) is 43.3. The van der Waals surface area contributed by atoms with E-state index in [-0.39, 0.29) is 38.5 Å². The first-order valence-electron chi connectivity index (χ1n) is 20.1. The van der Waals surface area contributed by atoms with Gasteiger partial charge in [0, 0.05) is 37.4 Å². The smallest absolute Gasteiger partial charge is 0.307 e. The van der Waals surface area contributed by atoms with Gasteiger partial charge in [-0.05, 0) is 83.3 Å². The maximum absolute atomic E-state index is 14.5. The molecule has 0 spiro atoms. The van der Waals surface area contributed by atoms with Crippen LogP contribution in [0.5, 0.6) is 0 Å². The van der Waals surface area contributed by atoms with Crippen LogP contribution in [0.15, 0.2) is 127 Å². The lowest BCUT2D eigenvalue weighted by atomic mass is 9.90. The molecule has 2 heterocycles. The number of hydrogen-bond donors (Lipinski definition) is 5. The second kappa shape index (κ2) is 20.8. The summed E-state index contributed by atoms with van der Waals surface area (Å²) in [6.45, 7) is 0. The molecule has 0 aromatic heterocycles. The monoisotopic (exact) mass is 828 g/mol. The molecule has 0 saturated carbocycles. The number of carbonyl (C=O) groups excluding carboxylic acids is 5. The topological polar surface area (TPSA) is 171 Å². The molecule has 0 aliphatic carbocycles. The molecule has 5 aromatic carbocycles. The van der Waals surface area contributed by atoms with E-state index in [1.807, 2.05) is 30.3 Å². The lowest BCUT2D eigenvalue weighted by Gasteiger charge is -2.26. The molecule has 5 aromatic rings. The summed E-state index contributed by atoms with van der Waals surface area (Å²) < 4.78 is 28.1. The van der Waals surface area contributed by atoms with Gasteiger partial charge in [-0.3, -0.25) is 28.8 Å². The van der Waals surface area contributed by atoms with Crippen LogP contribution in [0.1, 0.15) is 47.9 Å². The number of Topliss-reactive ketones (excluding diaryl/α,β-unsaturated/α-hetero) is 1. The standard InChI is InChI=1S/C48H46F2N4O7/c49-37-26-35(27-38(50)29-37)34-16-11-33(12-17-34)25-42-47(59)53-41(24-31-9-5-2-6-10-31)43(55)28-36(48(60)61)23-32-13-18-39(19-14-32)51-44(56)21-22-45(57)52-40(46(58)54-42)20-15-30-7-3-1-4-8-30/h1-14,16-19,26-27,29,36,40-42H,15,20-25,28H2,(H,51,56)(H,52,57)(H,53,59)(H,54,58)(H,60,61)/t36-,40-,41-,42+/m1/s1. The number of halogens is 2. The fourth-order valence-corrected chi connectivity index (χ4v) is 7.22. The maximum Gasteiger partial charge on any atom is 0.307 e. The highest BCUT2D eigenvalue weighted by Gasteiger charge is 2.32. The number of carboxylic acids is 1. The summed E-state index contributed by atoms with van der Waals surface area (Å²) in [5, 5.41) is 21.3. The number of benzene rings is 5. The van der Waals surface area contributed by atoms with Crippen molar-refractivity contribution >= 4 is 41.1 Å². The Morgan fingerprint density at radius 2 is 1.13 bits per heavy atom. The molecule has 11 nitrogen and oxygen atoms in total. The van der Waals surface area contributed by atoms with Crippen LogP contribution in [-0.4, -0.2) is 58.6 Å². The predicted octanol–water partition coefficient (Wildman–Crippen LogP) is 6.14. The van der Waals surface area contributed by atoms with Gasteiger partial charge < -0.3 is 26.4 Å². The zero-order valence-electron chi connectivity index (χ0n) is 33.2. The van der Waals surface area contributed by atoms with Crippen molar-refractivity contribution < 1.29 is 42.7 Å². The molecule has 2 aliphatic heterocycles. The molecule has 314 valence electrons. The minimum absolute atomic E-state index is 0.0111. The first-order valence-corrected chi connectivity index (χ1v) is 20.1. The van der Waals surface area contributed by atoms with Gasteiger partial charge in [0.25, 0.3) is 0 Å². The number of aryl methyl sites for hydroxylation is 1. The van der Waals surface area contributed by atoms with Crippen molar-refractivity contribution in [1.82, 2.24) is 16.0 Å². The second-order valence-electron chi connectivity index (χ2n) is 15.2. The summed E-state index contributed by atoms with van der Waals surface area (Å²) >= 11 is 0. The normalized spacial score (nSPS) is 19.5. The molecule has 0 saturated heterocycles. The van der Waals surface area contributed by atoms with Crippen molar-refractivity contribution in [3.63, 3.8) is 0 Å². The van der Waals surface area contributed by atoms with Gasteiger partial charge in [-0.25, -0.2) is 8.78 Å². The number of aliphatic carboxylic acids is 1. The molecule has 61 heavy (non-hydrogen) atoms. The van der Waals surface area contributed by atoms with E-state index in [2.05, 4.69) is 21.3 Å². The van der Waals surface area contributed by atoms with Crippen molar-refractivity contribution in [3.05, 3.63) is 161 Å². The average Bonchev–Trinajstić information content (AvgIpc) is 3.24. The van der Waals surface area contributed by atoms with Crippen LogP contribution in [0.3, 0.4) is 0 Å². The minimum atomic E-state index is -1.32. The number of rotatable bonds is 9. The SMILES string of the molecule is O=C1CCC(=O)N[C@H](CCc2ccccc2)C(=O)N[C@@H](Cc2ccc(-c3cc(F)cc(F)c3)cc2)C(=O)N[C@H](Cc2ccccc2)C(=O)C[C@H](C(=O)O)Cc2ccc(cc2)N1. The summed E-state index contributed by atoms with van der Waals surface area (Å²) in [6.07, 6.45) is -0.423. The fourth-order valence-electron chi connectivity index (χ4n) is 7.22. The van der Waals surface area contributed by atoms with Crippen LogP contribution in [0.2, 0.25) is 0 Å². The Kier molecular flexibility index (Phi) is 14.8. The highest BCUT2D eigenvalue weighted by molar-refractivity contribution is 5.97. The van der Waals surface area contributed by atoms with Gasteiger partial charge in [0.15, 0.2) is 5.78 Å². The molecule has 2 aliphatic rings. The molecule has 0 unspecified atom stereocenters. The van der Waals surface area contributed by atoms with Gasteiger partial charge in [0.2, 0.25) is 23.6 Å². The van der Waals surface area contributed by atoms with Gasteiger partial charge in [-0.2, -0.15) is 0 Å². The van der Waals surface area contributed by atoms with Crippen molar-refractivity contribution in [2.75, 3.05) is 5.32 Å². The zero-order valence-corrected chi connectivity index (χ0v) is 33.2. The minimum Gasteiger partial charge on any atom is -0.481 e. The van der Waals surface area contributed by atoms with Crippen molar-refractivity contribution in [1.29, 1.82) is 0 Å². The Morgan fingerprint density at radius 1 is 0.574 bits per heavy atom. The molecule has 4 atom stereocenters. The Labute approximate surface area is 352 Å². The van der Waals surface area contributed by atoms with E-state index < -0.39 is 77.5 Å². The fraction of sp³-hybridized carbons (Fsp3) is 0.250. The Hall–Kier alpha value is -7.02. The third-order valence-electron chi connectivity index (χ3n) is 10.5. The number of anilines is 1. The van der Waals surface area contributed by atoms with Gasteiger partial charge in [0.1, 0.15) is 23.7 Å². The molecule has 0 fully saturated rings. The van der Waals surface area contributed by atoms with Crippen LogP contribution in [0.25, 0.3) is 11.1 Å². The number of hydrogen-bond acceptors (Lipinski definition) is 6. The van der Waals surface area contributed by atoms with Gasteiger partial charge in [-0.15, -0.1) is 0 Å². The van der Waals surface area contributed by atoms with Gasteiger partial charge in [0.05, 0.1) is 12.0 Å². The van der Waals surface area contributed by atoms with Crippen molar-refractivity contribution in [2.24, 2.45) is 5.92 Å². The molecule has 4 amide bonds. The summed E-state index contributed by atoms with van der Waals surface area (Å²) in [4.78, 5) is 81.5. The third kappa shape index (κ3) is 13.0. The number of nitrogens with one attached hydrogen (secondary N) is 4. The summed E-state index contributed by atoms with van der Waals surface area (Å²) in [5.74, 6) is -6.84. The number of carboxylic acid groups (broad SMARTS) is 1. The highest BCUT2D eigenvalue weighted by atomic mass is 19.1. The highest BCUT2D eigenvalue weighted by Crippen LogP contribution is 2.23. The first kappa shape index (κ1) is 43.6. The van der Waals surface area contributed by atoms with E-state index in [9.17, 15) is 42.7 Å². The number of amides is 4. The molecule has 7 rings (SSSR count). The number of carbonyl (C=O) groups is 6. The summed E-state index contributed by atoms with van der Waals surface area (Å²) in [5.41, 5.74) is 3.96. The van der Waals surface area contributed by atoms with Crippen LogP contribution in [-0.2, 0) is 54.5 Å². The second-order valence-corrected chi connectivity index (χ2v) is 15.2. The van der Waals surface area contributed by atoms with Crippen LogP contribution in [0, 0.1) is 17.6 Å². The van der Waals surface area contributed by atoms with Gasteiger partial charge in [-0.1, -0.05) is 97.1 Å². The van der Waals surface area contributed by atoms with Crippen LogP contribution >= 0.6 is 0 Å². The Bertz CT molecular complexity index is 2320. The lowest BCUT2D eigenvalue weighted by Crippen LogP contribution is -2.57. The van der Waals surface area contributed by atoms with E-state index in [0.717, 1.165) is 11.6 Å². The third-order valence-corrected chi connectivity index (χ3v) is 10.5. The van der Waals surface area contributed by atoms with Crippen LogP contribution < -0.4 is 21.3 Å². The molecular weight excluding hydrogens is 783 g/mol. The Morgan fingerprint density at radius 3 is 1.77 bits per heavy atom. The molecule has 2 bridgehead atoms. The largest absolute Gasteiger partial charge is 0.481 e. The van der Waals surface area contributed by atoms with Crippen molar-refractivity contribution in [3.8, 4) is 11.1 Å². The summed E-state index contributed by atoms with van der Waals surface area (Å²) in [6, 6.07) is 30.7. The average molecular weight is 829 g/mol. The molecule has 5 N–H and O–H groups in total. The predicted molar refractivity (Wildman–Crippen MR) is 225 cm³/mol. The van der Waals surface area contributed by atoms with Crippen LogP contribution in [0.4, 0.5) is 14.5 Å². The molecule has 13 heteroatoms. The van der Waals surface area contributed by atoms with Crippen molar-refractivity contribution in [2.45, 2.75) is 69.5 Å². The van der Waals surface area contributed by atoms with E-state index in [1.165, 1.54) is 12.1 Å². The van der Waals surface area contributed by atoms with E-state index >= 15 is 0 Å². The first-order chi connectivity index (χ1) is 29.4. The number of ketones is 1. The molecular formula is C48H46F2N4O7.